The topological polar surface area (TPSA) is 84.3 Å². The summed E-state index contributed by atoms with van der Waals surface area (Å²) >= 11 is 5.94. The monoisotopic (exact) mass is 285 g/mol. The van der Waals surface area contributed by atoms with Gasteiger partial charge in [-0.25, -0.2) is 14.6 Å². The maximum atomic E-state index is 11.9. The predicted octanol–water partition coefficient (Wildman–Crippen LogP) is 1.43. The minimum atomic E-state index is -1.36. The summed E-state index contributed by atoms with van der Waals surface area (Å²) < 4.78 is 0. The van der Waals surface area contributed by atoms with Gasteiger partial charge in [-0.3, -0.25) is 4.90 Å². The number of hydrazine groups is 1. The van der Waals surface area contributed by atoms with Crippen molar-refractivity contribution in [2.24, 2.45) is 0 Å². The van der Waals surface area contributed by atoms with Gasteiger partial charge in [0.25, 0.3) is 0 Å². The second kappa shape index (κ2) is 4.94. The third-order valence-corrected chi connectivity index (χ3v) is 3.13. The van der Waals surface area contributed by atoms with Crippen LogP contribution in [0.5, 0.6) is 0 Å². The van der Waals surface area contributed by atoms with Crippen molar-refractivity contribution in [2.45, 2.75) is 6.23 Å². The lowest BCUT2D eigenvalue weighted by Crippen LogP contribution is -2.48. The molecule has 1 atom stereocenters. The maximum Gasteiger partial charge on any atom is 0.431 e. The summed E-state index contributed by atoms with van der Waals surface area (Å²) in [6.45, 7) is -0.146. The number of aliphatic hydroxyl groups is 1. The molecular formula is C11H12ClN3O4. The Labute approximate surface area is 114 Å². The van der Waals surface area contributed by atoms with E-state index >= 15 is 0 Å². The van der Waals surface area contributed by atoms with E-state index in [4.69, 9.17) is 11.6 Å². The van der Waals surface area contributed by atoms with Crippen LogP contribution in [0.2, 0.25) is 5.02 Å². The molecule has 1 unspecified atom stereocenters. The molecule has 0 aliphatic carbocycles. The molecule has 2 rings (SSSR count). The molecule has 1 heterocycles. The third-order valence-electron chi connectivity index (χ3n) is 2.81. The molecule has 1 aliphatic rings. The molecule has 102 valence electrons. The normalized spacial score (nSPS) is 18.9. The first-order valence-electron chi connectivity index (χ1n) is 5.43. The summed E-state index contributed by atoms with van der Waals surface area (Å²) in [5, 5.41) is 20.7. The number of β-amino-alcohol motifs (C(OH)–C–C–N with tert-alkyl or cyclic N) is 1. The zero-order valence-corrected chi connectivity index (χ0v) is 10.8. The number of likely N-dealkylation sites (N-methyl/N-ethyl adjacent to an activating group) is 1. The van der Waals surface area contributed by atoms with Crippen molar-refractivity contribution in [3.05, 3.63) is 29.3 Å². The first-order valence-corrected chi connectivity index (χ1v) is 5.81. The van der Waals surface area contributed by atoms with E-state index in [1.165, 1.54) is 19.2 Å². The van der Waals surface area contributed by atoms with E-state index in [0.717, 1.165) is 14.9 Å². The fourth-order valence-corrected chi connectivity index (χ4v) is 2.01. The van der Waals surface area contributed by atoms with Crippen LogP contribution in [0.4, 0.5) is 15.3 Å². The first-order chi connectivity index (χ1) is 8.93. The van der Waals surface area contributed by atoms with E-state index in [1.54, 1.807) is 12.1 Å². The van der Waals surface area contributed by atoms with E-state index in [1.807, 2.05) is 0 Å². The van der Waals surface area contributed by atoms with Gasteiger partial charge in [0.1, 0.15) is 6.23 Å². The molecule has 0 saturated carbocycles. The standard InChI is InChI=1S/C11H12ClN3O4/c1-13-9(16)6-14(10(13)17)15(11(18)19)8-5-3-2-4-7(8)12/h2-5,9,16H,6H2,1H3,(H,18,19). The second-order valence-corrected chi connectivity index (χ2v) is 4.41. The Morgan fingerprint density at radius 1 is 1.47 bits per heavy atom. The second-order valence-electron chi connectivity index (χ2n) is 4.00. The SMILES string of the molecule is CN1C(=O)N(N(C(=O)O)c2ccccc2Cl)CC1O. The van der Waals surface area contributed by atoms with E-state index < -0.39 is 18.4 Å². The molecule has 1 aromatic carbocycles. The highest BCUT2D eigenvalue weighted by Gasteiger charge is 2.40. The molecule has 0 bridgehead atoms. The molecule has 0 radical (unpaired) electrons. The van der Waals surface area contributed by atoms with Gasteiger partial charge in [0.05, 0.1) is 17.3 Å². The average molecular weight is 286 g/mol. The predicted molar refractivity (Wildman–Crippen MR) is 67.8 cm³/mol. The van der Waals surface area contributed by atoms with Crippen LogP contribution in [0.25, 0.3) is 0 Å². The first kappa shape index (κ1) is 13.4. The van der Waals surface area contributed by atoms with Gasteiger partial charge in [0.2, 0.25) is 0 Å². The fourth-order valence-electron chi connectivity index (χ4n) is 1.79. The highest BCUT2D eigenvalue weighted by molar-refractivity contribution is 6.33. The van der Waals surface area contributed by atoms with E-state index in [-0.39, 0.29) is 17.3 Å². The van der Waals surface area contributed by atoms with Crippen molar-refractivity contribution in [3.63, 3.8) is 0 Å². The van der Waals surface area contributed by atoms with Crippen molar-refractivity contribution in [2.75, 3.05) is 18.6 Å². The van der Waals surface area contributed by atoms with E-state index in [0.29, 0.717) is 0 Å². The molecule has 2 N–H and O–H groups in total. The molecule has 0 aromatic heterocycles. The van der Waals surface area contributed by atoms with Crippen LogP contribution in [0.1, 0.15) is 0 Å². The summed E-state index contributed by atoms with van der Waals surface area (Å²) in [7, 11) is 1.39. The van der Waals surface area contributed by atoms with Gasteiger partial charge in [-0.2, -0.15) is 5.01 Å². The van der Waals surface area contributed by atoms with Gasteiger partial charge in [-0.1, -0.05) is 23.7 Å². The highest BCUT2D eigenvalue weighted by atomic mass is 35.5. The Bertz CT molecular complexity index is 524. The molecule has 1 fully saturated rings. The number of halogens is 1. The van der Waals surface area contributed by atoms with Crippen LogP contribution >= 0.6 is 11.6 Å². The van der Waals surface area contributed by atoms with E-state index in [9.17, 15) is 19.8 Å². The van der Waals surface area contributed by atoms with Crippen molar-refractivity contribution in [1.82, 2.24) is 9.91 Å². The van der Waals surface area contributed by atoms with Gasteiger partial charge in [0, 0.05) is 7.05 Å². The Morgan fingerprint density at radius 2 is 2.11 bits per heavy atom. The number of carbonyl (C=O) groups excluding carboxylic acids is 1. The number of anilines is 1. The van der Waals surface area contributed by atoms with Crippen molar-refractivity contribution in [1.29, 1.82) is 0 Å². The highest BCUT2D eigenvalue weighted by Crippen LogP contribution is 2.29. The quantitative estimate of drug-likeness (QED) is 0.861. The molecular weight excluding hydrogens is 274 g/mol. The van der Waals surface area contributed by atoms with Crippen LogP contribution in [0.3, 0.4) is 0 Å². The Morgan fingerprint density at radius 3 is 2.58 bits per heavy atom. The fraction of sp³-hybridized carbons (Fsp3) is 0.273. The Kier molecular flexibility index (Phi) is 3.50. The summed E-state index contributed by atoms with van der Waals surface area (Å²) in [4.78, 5) is 24.3. The number of para-hydroxylation sites is 1. The summed E-state index contributed by atoms with van der Waals surface area (Å²) in [5.41, 5.74) is 0.160. The number of nitrogens with zero attached hydrogens (tertiary/aromatic N) is 3. The molecule has 8 heteroatoms. The van der Waals surface area contributed by atoms with Crippen LogP contribution in [0.15, 0.2) is 24.3 Å². The number of benzene rings is 1. The van der Waals surface area contributed by atoms with Crippen molar-refractivity contribution < 1.29 is 19.8 Å². The van der Waals surface area contributed by atoms with E-state index in [2.05, 4.69) is 0 Å². The number of carboxylic acid groups (broad SMARTS) is 1. The minimum Gasteiger partial charge on any atom is -0.463 e. The molecule has 1 aliphatic heterocycles. The number of amides is 3. The number of hydrogen-bond donors (Lipinski definition) is 2. The Hall–Kier alpha value is -1.99. The van der Waals surface area contributed by atoms with Crippen LogP contribution < -0.4 is 5.01 Å². The van der Waals surface area contributed by atoms with Gasteiger partial charge < -0.3 is 10.2 Å². The molecule has 19 heavy (non-hydrogen) atoms. The van der Waals surface area contributed by atoms with Crippen LogP contribution in [-0.2, 0) is 0 Å². The third kappa shape index (κ3) is 2.29. The zero-order chi connectivity index (χ0) is 14.2. The summed E-state index contributed by atoms with van der Waals surface area (Å²) in [6, 6.07) is 5.65. The zero-order valence-electron chi connectivity index (χ0n) is 10.0. The lowest BCUT2D eigenvalue weighted by Gasteiger charge is -2.28. The average Bonchev–Trinajstić information content (AvgIpc) is 2.60. The number of urea groups is 1. The number of hydrogen-bond acceptors (Lipinski definition) is 3. The van der Waals surface area contributed by atoms with Crippen molar-refractivity contribution in [3.8, 4) is 0 Å². The summed E-state index contributed by atoms with van der Waals surface area (Å²) in [5.74, 6) is 0. The molecule has 1 aromatic rings. The van der Waals surface area contributed by atoms with Gasteiger partial charge >= 0.3 is 12.1 Å². The lowest BCUT2D eigenvalue weighted by molar-refractivity contribution is 0.0788. The van der Waals surface area contributed by atoms with Crippen LogP contribution in [0, 0.1) is 0 Å². The molecule has 7 nitrogen and oxygen atoms in total. The van der Waals surface area contributed by atoms with Gasteiger partial charge in [-0.15, -0.1) is 0 Å². The Balaban J connectivity index is 2.40. The van der Waals surface area contributed by atoms with Crippen LogP contribution in [-0.4, -0.2) is 52.1 Å². The molecule has 1 saturated heterocycles. The molecule has 0 spiro atoms. The summed E-state index contributed by atoms with van der Waals surface area (Å²) in [6.07, 6.45) is -2.42. The number of aliphatic hydroxyl groups excluding tert-OH is 1. The van der Waals surface area contributed by atoms with Crippen molar-refractivity contribution >= 4 is 29.4 Å². The maximum absolute atomic E-state index is 11.9. The largest absolute Gasteiger partial charge is 0.463 e. The molecule has 3 amide bonds. The smallest absolute Gasteiger partial charge is 0.431 e. The number of rotatable bonds is 2. The van der Waals surface area contributed by atoms with Gasteiger partial charge in [-0.05, 0) is 12.1 Å². The lowest BCUT2D eigenvalue weighted by atomic mass is 10.3. The van der Waals surface area contributed by atoms with Gasteiger partial charge in [0.15, 0.2) is 0 Å². The number of carbonyl (C=O) groups is 2. The minimum absolute atomic E-state index is 0.146.